The van der Waals surface area contributed by atoms with Crippen molar-refractivity contribution < 1.29 is 4.79 Å². The van der Waals surface area contributed by atoms with E-state index in [1.165, 1.54) is 11.1 Å². The lowest BCUT2D eigenvalue weighted by atomic mass is 10.00. The highest BCUT2D eigenvalue weighted by Crippen LogP contribution is 2.23. The minimum absolute atomic E-state index is 0.0470. The highest BCUT2D eigenvalue weighted by atomic mass is 16.2. The van der Waals surface area contributed by atoms with Crippen LogP contribution in [0.2, 0.25) is 0 Å². The number of amides is 1. The predicted octanol–water partition coefficient (Wildman–Crippen LogP) is 3.84. The third-order valence-corrected chi connectivity index (χ3v) is 4.64. The Morgan fingerprint density at radius 3 is 2.58 bits per heavy atom. The summed E-state index contributed by atoms with van der Waals surface area (Å²) in [5, 5.41) is 5.30. The summed E-state index contributed by atoms with van der Waals surface area (Å²) >= 11 is 0. The largest absolute Gasteiger partial charge is 0.324 e. The van der Waals surface area contributed by atoms with E-state index in [1.54, 1.807) is 0 Å². The summed E-state index contributed by atoms with van der Waals surface area (Å²) in [4.78, 5) is 14.7. The standard InChI is InChI=1S/C21H20N2O/c24-21(15-23-13-12-16-6-1-2-8-18(16)14-23)22-20-11-5-9-17-7-3-4-10-19(17)20/h1-11H,12-15H2,(H,22,24). The Labute approximate surface area is 141 Å². The summed E-state index contributed by atoms with van der Waals surface area (Å²) in [6.07, 6.45) is 1.01. The summed E-state index contributed by atoms with van der Waals surface area (Å²) in [6, 6.07) is 22.6. The molecule has 24 heavy (non-hydrogen) atoms. The first-order chi connectivity index (χ1) is 11.8. The molecular weight excluding hydrogens is 296 g/mol. The molecule has 1 heterocycles. The van der Waals surface area contributed by atoms with Gasteiger partial charge in [-0.1, -0.05) is 60.7 Å². The Kier molecular flexibility index (Phi) is 4.01. The fourth-order valence-corrected chi connectivity index (χ4v) is 3.42. The smallest absolute Gasteiger partial charge is 0.238 e. The molecule has 0 saturated carbocycles. The SMILES string of the molecule is O=C(CN1CCc2ccccc2C1)Nc1cccc2ccccc12. The normalized spacial score (nSPS) is 14.3. The zero-order valence-electron chi connectivity index (χ0n) is 13.5. The van der Waals surface area contributed by atoms with Gasteiger partial charge in [-0.05, 0) is 29.0 Å². The quantitative estimate of drug-likeness (QED) is 0.796. The first-order valence-corrected chi connectivity index (χ1v) is 8.36. The predicted molar refractivity (Wildman–Crippen MR) is 98.0 cm³/mol. The number of hydrogen-bond donors (Lipinski definition) is 1. The van der Waals surface area contributed by atoms with Crippen LogP contribution in [0.15, 0.2) is 66.7 Å². The first-order valence-electron chi connectivity index (χ1n) is 8.36. The zero-order chi connectivity index (χ0) is 16.4. The molecule has 1 aliphatic heterocycles. The molecule has 0 unspecified atom stereocenters. The third-order valence-electron chi connectivity index (χ3n) is 4.64. The molecule has 3 nitrogen and oxygen atoms in total. The Morgan fingerprint density at radius 2 is 1.67 bits per heavy atom. The fourth-order valence-electron chi connectivity index (χ4n) is 3.42. The van der Waals surface area contributed by atoms with Crippen LogP contribution in [0, 0.1) is 0 Å². The third kappa shape index (κ3) is 3.03. The van der Waals surface area contributed by atoms with Crippen LogP contribution < -0.4 is 5.32 Å². The van der Waals surface area contributed by atoms with Gasteiger partial charge >= 0.3 is 0 Å². The summed E-state index contributed by atoms with van der Waals surface area (Å²) in [6.45, 7) is 2.21. The maximum atomic E-state index is 12.5. The van der Waals surface area contributed by atoms with E-state index in [-0.39, 0.29) is 5.91 Å². The number of nitrogens with zero attached hydrogens (tertiary/aromatic N) is 1. The van der Waals surface area contributed by atoms with Crippen molar-refractivity contribution in [2.75, 3.05) is 18.4 Å². The van der Waals surface area contributed by atoms with Crippen molar-refractivity contribution >= 4 is 22.4 Å². The van der Waals surface area contributed by atoms with Gasteiger partial charge in [-0.25, -0.2) is 0 Å². The maximum Gasteiger partial charge on any atom is 0.238 e. The molecule has 120 valence electrons. The molecular formula is C21H20N2O. The molecule has 1 amide bonds. The lowest BCUT2D eigenvalue weighted by Crippen LogP contribution is -2.37. The van der Waals surface area contributed by atoms with Gasteiger partial charge in [-0.3, -0.25) is 9.69 Å². The van der Waals surface area contributed by atoms with Crippen LogP contribution in [0.5, 0.6) is 0 Å². The molecule has 0 bridgehead atoms. The molecule has 3 heteroatoms. The van der Waals surface area contributed by atoms with Crippen molar-refractivity contribution in [3.05, 3.63) is 77.9 Å². The van der Waals surface area contributed by atoms with Crippen molar-refractivity contribution in [2.45, 2.75) is 13.0 Å². The highest BCUT2D eigenvalue weighted by Gasteiger charge is 2.18. The Balaban J connectivity index is 1.46. The first kappa shape index (κ1) is 14.9. The van der Waals surface area contributed by atoms with Gasteiger partial charge in [0.1, 0.15) is 0 Å². The Morgan fingerprint density at radius 1 is 0.917 bits per heavy atom. The second-order valence-electron chi connectivity index (χ2n) is 6.30. The van der Waals surface area contributed by atoms with E-state index in [0.717, 1.165) is 36.0 Å². The van der Waals surface area contributed by atoms with Crippen LogP contribution in [-0.4, -0.2) is 23.9 Å². The van der Waals surface area contributed by atoms with Gasteiger partial charge < -0.3 is 5.32 Å². The number of rotatable bonds is 3. The number of carbonyl (C=O) groups is 1. The van der Waals surface area contributed by atoms with Crippen LogP contribution in [0.3, 0.4) is 0 Å². The molecule has 4 rings (SSSR count). The maximum absolute atomic E-state index is 12.5. The van der Waals surface area contributed by atoms with Gasteiger partial charge in [-0.15, -0.1) is 0 Å². The summed E-state index contributed by atoms with van der Waals surface area (Å²) in [7, 11) is 0. The van der Waals surface area contributed by atoms with Gasteiger partial charge in [-0.2, -0.15) is 0 Å². The van der Waals surface area contributed by atoms with E-state index in [9.17, 15) is 4.79 Å². The molecule has 0 saturated heterocycles. The number of nitrogens with one attached hydrogen (secondary N) is 1. The zero-order valence-corrected chi connectivity index (χ0v) is 13.5. The molecule has 0 aliphatic carbocycles. The molecule has 1 aliphatic rings. The van der Waals surface area contributed by atoms with Crippen molar-refractivity contribution in [3.63, 3.8) is 0 Å². The summed E-state index contributed by atoms with van der Waals surface area (Å²) in [5.74, 6) is 0.0470. The molecule has 3 aromatic carbocycles. The monoisotopic (exact) mass is 316 g/mol. The molecule has 0 spiro atoms. The number of benzene rings is 3. The molecule has 1 N–H and O–H groups in total. The molecule has 0 aromatic heterocycles. The number of hydrogen-bond acceptors (Lipinski definition) is 2. The van der Waals surface area contributed by atoms with Crippen LogP contribution in [0.1, 0.15) is 11.1 Å². The van der Waals surface area contributed by atoms with E-state index in [4.69, 9.17) is 0 Å². The van der Waals surface area contributed by atoms with Crippen molar-refractivity contribution in [2.24, 2.45) is 0 Å². The lowest BCUT2D eigenvalue weighted by molar-refractivity contribution is -0.117. The van der Waals surface area contributed by atoms with E-state index < -0.39 is 0 Å². The van der Waals surface area contributed by atoms with E-state index >= 15 is 0 Å². The second kappa shape index (κ2) is 6.46. The van der Waals surface area contributed by atoms with Crippen LogP contribution in [-0.2, 0) is 17.8 Å². The van der Waals surface area contributed by atoms with Crippen molar-refractivity contribution in [3.8, 4) is 0 Å². The van der Waals surface area contributed by atoms with Gasteiger partial charge in [0.25, 0.3) is 0 Å². The number of anilines is 1. The summed E-state index contributed by atoms with van der Waals surface area (Å²) in [5.41, 5.74) is 3.63. The van der Waals surface area contributed by atoms with Crippen molar-refractivity contribution in [1.82, 2.24) is 4.90 Å². The van der Waals surface area contributed by atoms with Crippen LogP contribution in [0.25, 0.3) is 10.8 Å². The fraction of sp³-hybridized carbons (Fsp3) is 0.190. The topological polar surface area (TPSA) is 32.3 Å². The Bertz CT molecular complexity index is 882. The molecule has 0 atom stereocenters. The highest BCUT2D eigenvalue weighted by molar-refractivity contribution is 6.02. The minimum atomic E-state index is 0.0470. The molecule has 0 fully saturated rings. The van der Waals surface area contributed by atoms with Crippen LogP contribution in [0.4, 0.5) is 5.69 Å². The number of fused-ring (bicyclic) bond motifs is 2. The average Bonchev–Trinajstić information content (AvgIpc) is 2.62. The van der Waals surface area contributed by atoms with E-state index in [2.05, 4.69) is 46.6 Å². The molecule has 0 radical (unpaired) electrons. The second-order valence-corrected chi connectivity index (χ2v) is 6.30. The molecule has 3 aromatic rings. The van der Waals surface area contributed by atoms with Gasteiger partial charge in [0.2, 0.25) is 5.91 Å². The Hall–Kier alpha value is -2.65. The van der Waals surface area contributed by atoms with E-state index in [0.29, 0.717) is 6.54 Å². The average molecular weight is 316 g/mol. The van der Waals surface area contributed by atoms with Gasteiger partial charge in [0, 0.05) is 24.2 Å². The van der Waals surface area contributed by atoms with Gasteiger partial charge in [0.05, 0.1) is 6.54 Å². The van der Waals surface area contributed by atoms with Crippen LogP contribution >= 0.6 is 0 Å². The summed E-state index contributed by atoms with van der Waals surface area (Å²) < 4.78 is 0. The van der Waals surface area contributed by atoms with E-state index in [1.807, 2.05) is 30.3 Å². The number of carbonyl (C=O) groups excluding carboxylic acids is 1. The minimum Gasteiger partial charge on any atom is -0.324 e. The van der Waals surface area contributed by atoms with Gasteiger partial charge in [0.15, 0.2) is 0 Å². The van der Waals surface area contributed by atoms with Crippen molar-refractivity contribution in [1.29, 1.82) is 0 Å². The lowest BCUT2D eigenvalue weighted by Gasteiger charge is -2.28.